The summed E-state index contributed by atoms with van der Waals surface area (Å²) < 4.78 is 9.61. The highest BCUT2D eigenvalue weighted by molar-refractivity contribution is 7.26. The molecule has 0 saturated carbocycles. The zero-order chi connectivity index (χ0) is 28.1. The number of hydrogen-bond acceptors (Lipinski definition) is 4. The van der Waals surface area contributed by atoms with Crippen molar-refractivity contribution in [1.82, 2.24) is 0 Å². The Kier molecular flexibility index (Phi) is 4.68. The molecule has 200 valence electrons. The van der Waals surface area contributed by atoms with Gasteiger partial charge >= 0.3 is 0 Å². The first-order valence-corrected chi connectivity index (χ1v) is 15.5. The Hall–Kier alpha value is -5.26. The number of rotatable bonds is 2. The Labute approximate surface area is 252 Å². The minimum Gasteiger partial charge on any atom is -0.468 e. The highest BCUT2D eigenvalue weighted by atomic mass is 32.1. The molecule has 0 bridgehead atoms. The van der Waals surface area contributed by atoms with Crippen LogP contribution in [0.1, 0.15) is 0 Å². The number of fused-ring (bicyclic) bond motifs is 10. The largest absolute Gasteiger partial charge is 0.468 e. The molecule has 0 radical (unpaired) electrons. The molecule has 2 aliphatic rings. The highest BCUT2D eigenvalue weighted by Gasteiger charge is 2.46. The predicted molar refractivity (Wildman–Crippen MR) is 183 cm³/mol. The maximum Gasteiger partial charge on any atom is 0.297 e. The van der Waals surface area contributed by atoms with E-state index in [1.165, 1.54) is 53.5 Å². The second-order valence-corrected chi connectivity index (χ2v) is 12.3. The molecule has 0 atom stereocenters. The molecule has 8 aromatic rings. The summed E-state index contributed by atoms with van der Waals surface area (Å²) in [7, 11) is 0. The van der Waals surface area contributed by atoms with E-state index < -0.39 is 0 Å². The van der Waals surface area contributed by atoms with Gasteiger partial charge in [0, 0.05) is 48.6 Å². The third kappa shape index (κ3) is 3.09. The van der Waals surface area contributed by atoms with Gasteiger partial charge in [0.25, 0.3) is 6.71 Å². The van der Waals surface area contributed by atoms with Crippen LogP contribution in [0.25, 0.3) is 31.1 Å². The minimum atomic E-state index is -0.0332. The van der Waals surface area contributed by atoms with Gasteiger partial charge in [0.2, 0.25) is 0 Å². The maximum absolute atomic E-state index is 7.04. The third-order valence-electron chi connectivity index (χ3n) is 9.03. The van der Waals surface area contributed by atoms with E-state index in [1.54, 1.807) is 0 Å². The first-order valence-electron chi connectivity index (χ1n) is 14.7. The average molecular weight is 566 g/mol. The fourth-order valence-electron chi connectivity index (χ4n) is 7.33. The summed E-state index contributed by atoms with van der Waals surface area (Å²) in [5.74, 6) is 0. The third-order valence-corrected chi connectivity index (χ3v) is 10.2. The van der Waals surface area contributed by atoms with Crippen LogP contribution in [-0.4, -0.2) is 6.71 Å². The highest BCUT2D eigenvalue weighted by Crippen LogP contribution is 2.49. The Bertz CT molecular complexity index is 2380. The summed E-state index contributed by atoms with van der Waals surface area (Å²) in [6.45, 7) is -0.0332. The molecule has 0 spiro atoms. The van der Waals surface area contributed by atoms with Crippen LogP contribution >= 0.6 is 11.3 Å². The summed E-state index contributed by atoms with van der Waals surface area (Å²) in [6, 6.07) is 50.1. The van der Waals surface area contributed by atoms with Crippen LogP contribution in [0.5, 0.6) is 0 Å². The van der Waals surface area contributed by atoms with Gasteiger partial charge < -0.3 is 14.2 Å². The molecule has 5 heteroatoms. The molecule has 0 saturated heterocycles. The van der Waals surface area contributed by atoms with Crippen molar-refractivity contribution in [2.45, 2.75) is 0 Å². The number of thiophene rings is 1. The van der Waals surface area contributed by atoms with E-state index in [0.717, 1.165) is 28.3 Å². The summed E-state index contributed by atoms with van der Waals surface area (Å²) >= 11 is 1.86. The molecule has 0 amide bonds. The first-order chi connectivity index (χ1) is 21.4. The van der Waals surface area contributed by atoms with Gasteiger partial charge in [0.1, 0.15) is 5.58 Å². The SMILES string of the molecule is c1ccc(N2c3ccccc3B3c4oc5ccc6c7ccccc7sc6c5c4N(c4ccccc4)c4cccc2c43)cc1. The van der Waals surface area contributed by atoms with Gasteiger partial charge in [0.15, 0.2) is 0 Å². The number of para-hydroxylation sites is 3. The van der Waals surface area contributed by atoms with Crippen LogP contribution in [0.2, 0.25) is 0 Å². The summed E-state index contributed by atoms with van der Waals surface area (Å²) in [5, 5.41) is 3.77. The monoisotopic (exact) mass is 566 g/mol. The maximum atomic E-state index is 7.04. The number of benzene rings is 6. The Morgan fingerprint density at radius 2 is 1.19 bits per heavy atom. The molecule has 0 unspecified atom stereocenters. The van der Waals surface area contributed by atoms with Crippen molar-refractivity contribution in [2.75, 3.05) is 9.80 Å². The van der Waals surface area contributed by atoms with Crippen molar-refractivity contribution in [3.05, 3.63) is 140 Å². The van der Waals surface area contributed by atoms with E-state index >= 15 is 0 Å². The number of anilines is 6. The average Bonchev–Trinajstić information content (AvgIpc) is 3.64. The van der Waals surface area contributed by atoms with Crippen LogP contribution in [0.15, 0.2) is 144 Å². The van der Waals surface area contributed by atoms with Crippen LogP contribution in [0, 0.1) is 0 Å². The van der Waals surface area contributed by atoms with Crippen LogP contribution in [0.3, 0.4) is 0 Å². The lowest BCUT2D eigenvalue weighted by molar-refractivity contribution is 0.651. The van der Waals surface area contributed by atoms with Gasteiger partial charge in [-0.1, -0.05) is 78.9 Å². The second-order valence-electron chi connectivity index (χ2n) is 11.3. The lowest BCUT2D eigenvalue weighted by atomic mass is 9.35. The fourth-order valence-corrected chi connectivity index (χ4v) is 8.57. The normalized spacial score (nSPS) is 13.4. The molecular weight excluding hydrogens is 543 g/mol. The summed E-state index contributed by atoms with van der Waals surface area (Å²) in [6.07, 6.45) is 0. The smallest absolute Gasteiger partial charge is 0.297 e. The fraction of sp³-hybridized carbons (Fsp3) is 0. The molecule has 10 rings (SSSR count). The Morgan fingerprint density at radius 1 is 0.535 bits per heavy atom. The van der Waals surface area contributed by atoms with Gasteiger partial charge in [-0.2, -0.15) is 0 Å². The Morgan fingerprint density at radius 3 is 2.00 bits per heavy atom. The quantitative estimate of drug-likeness (QED) is 0.195. The van der Waals surface area contributed by atoms with E-state index in [1.807, 2.05) is 11.3 Å². The van der Waals surface area contributed by atoms with Crippen LogP contribution < -0.4 is 26.4 Å². The molecule has 4 heterocycles. The van der Waals surface area contributed by atoms with Crippen molar-refractivity contribution in [2.24, 2.45) is 0 Å². The van der Waals surface area contributed by atoms with Crippen molar-refractivity contribution in [1.29, 1.82) is 0 Å². The number of hydrogen-bond donors (Lipinski definition) is 0. The topological polar surface area (TPSA) is 19.6 Å². The van der Waals surface area contributed by atoms with Crippen molar-refractivity contribution in [3.63, 3.8) is 0 Å². The lowest BCUT2D eigenvalue weighted by Crippen LogP contribution is -2.60. The predicted octanol–water partition coefficient (Wildman–Crippen LogP) is 8.88. The molecule has 2 aromatic heterocycles. The standard InChI is InChI=1S/C38H23BN2OS/c1-3-12-24(13-4-1)40-29-18-9-8-17-28(29)39-35-30(40)19-11-20-31(35)41(25-14-5-2-6-15-25)36-34-32(42-38(36)39)23-22-27-26-16-7-10-21-33(26)43-37(27)34/h1-23H. The second kappa shape index (κ2) is 8.63. The van der Waals surface area contributed by atoms with E-state index in [-0.39, 0.29) is 6.71 Å². The Balaban J connectivity index is 1.36. The molecule has 0 N–H and O–H groups in total. The number of furan rings is 1. The van der Waals surface area contributed by atoms with Gasteiger partial charge in [-0.15, -0.1) is 11.3 Å². The van der Waals surface area contributed by atoms with Crippen molar-refractivity contribution in [3.8, 4) is 0 Å². The number of nitrogens with zero attached hydrogens (tertiary/aromatic N) is 2. The molecule has 3 nitrogen and oxygen atoms in total. The van der Waals surface area contributed by atoms with Gasteiger partial charge in [-0.25, -0.2) is 0 Å². The van der Waals surface area contributed by atoms with Gasteiger partial charge in [-0.05, 0) is 71.6 Å². The van der Waals surface area contributed by atoms with Gasteiger partial charge in [0.05, 0.1) is 16.7 Å². The minimum absolute atomic E-state index is 0.0332. The zero-order valence-corrected chi connectivity index (χ0v) is 23.9. The van der Waals surface area contributed by atoms with Crippen LogP contribution in [-0.2, 0) is 0 Å². The van der Waals surface area contributed by atoms with E-state index in [0.29, 0.717) is 0 Å². The summed E-state index contributed by atoms with van der Waals surface area (Å²) in [5.41, 5.74) is 11.5. The van der Waals surface area contributed by atoms with Crippen LogP contribution in [0.4, 0.5) is 34.1 Å². The molecule has 6 aromatic carbocycles. The zero-order valence-electron chi connectivity index (χ0n) is 23.1. The lowest BCUT2D eigenvalue weighted by Gasteiger charge is -2.42. The van der Waals surface area contributed by atoms with Crippen molar-refractivity contribution >= 4 is 99.9 Å². The van der Waals surface area contributed by atoms with E-state index in [2.05, 4.69) is 149 Å². The van der Waals surface area contributed by atoms with E-state index in [9.17, 15) is 0 Å². The molecule has 2 aliphatic heterocycles. The molecular formula is C38H23BN2OS. The molecule has 43 heavy (non-hydrogen) atoms. The summed E-state index contributed by atoms with van der Waals surface area (Å²) in [4.78, 5) is 4.85. The van der Waals surface area contributed by atoms with E-state index in [4.69, 9.17) is 4.42 Å². The first kappa shape index (κ1) is 23.3. The van der Waals surface area contributed by atoms with Gasteiger partial charge in [-0.3, -0.25) is 0 Å². The molecule has 0 fully saturated rings. The van der Waals surface area contributed by atoms with Crippen molar-refractivity contribution < 1.29 is 4.42 Å². The molecule has 0 aliphatic carbocycles.